The molecule has 0 saturated carbocycles. The van der Waals surface area contributed by atoms with Crippen molar-refractivity contribution in [1.82, 2.24) is 4.98 Å². The Labute approximate surface area is 140 Å². The molecule has 0 radical (unpaired) electrons. The summed E-state index contributed by atoms with van der Waals surface area (Å²) in [5.74, 6) is 2.21. The number of benzene rings is 1. The number of thiazole rings is 1. The average Bonchev–Trinajstić information content (AvgIpc) is 3.10. The van der Waals surface area contributed by atoms with E-state index in [2.05, 4.69) is 9.88 Å². The second kappa shape index (κ2) is 7.66. The van der Waals surface area contributed by atoms with Gasteiger partial charge in [-0.25, -0.2) is 4.98 Å². The average molecular weight is 334 g/mol. The minimum atomic E-state index is 0.00828. The van der Waals surface area contributed by atoms with E-state index in [4.69, 9.17) is 14.6 Å². The maximum Gasteiger partial charge on any atom is 0.185 e. The standard InChI is InChI=1S/C17H22N2O3S/c1-21-15-4-6-16(7-5-15)22-11-13-3-2-8-19(9-13)17-18-14(10-20)12-23-17/h4-7,12-13,20H,2-3,8-11H2,1H3/t13-/m0/s1. The first-order valence-electron chi connectivity index (χ1n) is 7.85. The summed E-state index contributed by atoms with van der Waals surface area (Å²) >= 11 is 1.60. The van der Waals surface area contributed by atoms with E-state index < -0.39 is 0 Å². The Bertz CT molecular complexity index is 615. The maximum absolute atomic E-state index is 9.15. The highest BCUT2D eigenvalue weighted by atomic mass is 32.1. The fourth-order valence-corrected chi connectivity index (χ4v) is 3.63. The molecule has 3 rings (SSSR count). The Morgan fingerprint density at radius 3 is 2.78 bits per heavy atom. The van der Waals surface area contributed by atoms with E-state index in [0.29, 0.717) is 12.5 Å². The lowest BCUT2D eigenvalue weighted by Gasteiger charge is -2.32. The fraction of sp³-hybridized carbons (Fsp3) is 0.471. The Kier molecular flexibility index (Phi) is 5.35. The number of piperidine rings is 1. The van der Waals surface area contributed by atoms with Crippen molar-refractivity contribution in [3.05, 3.63) is 35.3 Å². The molecule has 1 aromatic heterocycles. The number of aliphatic hydroxyl groups excluding tert-OH is 1. The lowest BCUT2D eigenvalue weighted by atomic mass is 9.99. The number of nitrogens with zero attached hydrogens (tertiary/aromatic N) is 2. The molecule has 1 N–H and O–H groups in total. The van der Waals surface area contributed by atoms with Crippen molar-refractivity contribution in [2.45, 2.75) is 19.4 Å². The fourth-order valence-electron chi connectivity index (χ4n) is 2.78. The summed E-state index contributed by atoms with van der Waals surface area (Å²) in [6.45, 7) is 2.70. The zero-order valence-corrected chi connectivity index (χ0v) is 14.1. The van der Waals surface area contributed by atoms with Gasteiger partial charge in [0.25, 0.3) is 0 Å². The molecule has 1 atom stereocenters. The molecule has 6 heteroatoms. The van der Waals surface area contributed by atoms with Crippen molar-refractivity contribution < 1.29 is 14.6 Å². The number of aliphatic hydroxyl groups is 1. The quantitative estimate of drug-likeness (QED) is 0.880. The number of rotatable bonds is 6. The highest BCUT2D eigenvalue weighted by Crippen LogP contribution is 2.27. The molecular formula is C17H22N2O3S. The predicted octanol–water partition coefficient (Wildman–Crippen LogP) is 2.94. The zero-order chi connectivity index (χ0) is 16.1. The molecular weight excluding hydrogens is 312 g/mol. The highest BCUT2D eigenvalue weighted by Gasteiger charge is 2.22. The third-order valence-corrected chi connectivity index (χ3v) is 4.99. The van der Waals surface area contributed by atoms with Gasteiger partial charge in [-0.15, -0.1) is 11.3 Å². The minimum absolute atomic E-state index is 0.00828. The summed E-state index contributed by atoms with van der Waals surface area (Å²) in [5.41, 5.74) is 0.751. The van der Waals surface area contributed by atoms with Crippen LogP contribution in [0.1, 0.15) is 18.5 Å². The largest absolute Gasteiger partial charge is 0.497 e. The third-order valence-electron chi connectivity index (χ3n) is 4.04. The van der Waals surface area contributed by atoms with E-state index in [0.717, 1.165) is 41.8 Å². The van der Waals surface area contributed by atoms with Crippen LogP contribution in [0, 0.1) is 5.92 Å². The van der Waals surface area contributed by atoms with Gasteiger partial charge in [-0.2, -0.15) is 0 Å². The summed E-state index contributed by atoms with van der Waals surface area (Å²) in [7, 11) is 1.66. The highest BCUT2D eigenvalue weighted by molar-refractivity contribution is 7.13. The van der Waals surface area contributed by atoms with Gasteiger partial charge < -0.3 is 19.5 Å². The topological polar surface area (TPSA) is 54.8 Å². The molecule has 0 bridgehead atoms. The maximum atomic E-state index is 9.15. The Hall–Kier alpha value is -1.79. The van der Waals surface area contributed by atoms with Crippen molar-refractivity contribution in [3.63, 3.8) is 0 Å². The van der Waals surface area contributed by atoms with Gasteiger partial charge in [0.15, 0.2) is 5.13 Å². The predicted molar refractivity (Wildman–Crippen MR) is 91.5 cm³/mol. The summed E-state index contributed by atoms with van der Waals surface area (Å²) in [6.07, 6.45) is 2.32. The van der Waals surface area contributed by atoms with E-state index in [9.17, 15) is 0 Å². The molecule has 1 aromatic carbocycles. The molecule has 1 fully saturated rings. The van der Waals surface area contributed by atoms with Crippen molar-refractivity contribution >= 4 is 16.5 Å². The monoisotopic (exact) mass is 334 g/mol. The minimum Gasteiger partial charge on any atom is -0.497 e. The molecule has 0 aliphatic carbocycles. The molecule has 5 nitrogen and oxygen atoms in total. The Morgan fingerprint density at radius 1 is 1.30 bits per heavy atom. The SMILES string of the molecule is COc1ccc(OC[C@H]2CCCN(c3nc(CO)cs3)C2)cc1. The van der Waals surface area contributed by atoms with Gasteiger partial charge in [-0.05, 0) is 37.1 Å². The first-order chi connectivity index (χ1) is 11.3. The molecule has 2 aromatic rings. The summed E-state index contributed by atoms with van der Waals surface area (Å²) in [5, 5.41) is 12.1. The smallest absolute Gasteiger partial charge is 0.185 e. The molecule has 1 aliphatic rings. The third kappa shape index (κ3) is 4.14. The van der Waals surface area contributed by atoms with Crippen LogP contribution < -0.4 is 14.4 Å². The van der Waals surface area contributed by atoms with Gasteiger partial charge in [0.05, 0.1) is 26.0 Å². The van der Waals surface area contributed by atoms with Crippen LogP contribution in [0.2, 0.25) is 0 Å². The number of ether oxygens (including phenoxy) is 2. The van der Waals surface area contributed by atoms with E-state index in [1.54, 1.807) is 18.4 Å². The van der Waals surface area contributed by atoms with Crippen LogP contribution in [0.5, 0.6) is 11.5 Å². The number of aromatic nitrogens is 1. The molecule has 1 saturated heterocycles. The summed E-state index contributed by atoms with van der Waals surface area (Å²) in [4.78, 5) is 6.76. The van der Waals surface area contributed by atoms with Crippen LogP contribution in [-0.2, 0) is 6.61 Å². The Morgan fingerprint density at radius 2 is 2.09 bits per heavy atom. The van der Waals surface area contributed by atoms with Crippen LogP contribution in [-0.4, -0.2) is 36.9 Å². The Balaban J connectivity index is 1.53. The first-order valence-corrected chi connectivity index (χ1v) is 8.73. The second-order valence-electron chi connectivity index (χ2n) is 5.72. The van der Waals surface area contributed by atoms with Crippen molar-refractivity contribution in [1.29, 1.82) is 0 Å². The van der Waals surface area contributed by atoms with Crippen LogP contribution >= 0.6 is 11.3 Å². The van der Waals surface area contributed by atoms with Gasteiger partial charge >= 0.3 is 0 Å². The number of hydrogen-bond acceptors (Lipinski definition) is 6. The summed E-state index contributed by atoms with van der Waals surface area (Å²) < 4.78 is 11.1. The van der Waals surface area contributed by atoms with Gasteiger partial charge in [-0.3, -0.25) is 0 Å². The van der Waals surface area contributed by atoms with Crippen LogP contribution in [0.3, 0.4) is 0 Å². The molecule has 124 valence electrons. The number of anilines is 1. The lowest BCUT2D eigenvalue weighted by molar-refractivity contribution is 0.228. The van der Waals surface area contributed by atoms with Crippen molar-refractivity contribution in [3.8, 4) is 11.5 Å². The molecule has 0 amide bonds. The normalized spacial score (nSPS) is 18.0. The van der Waals surface area contributed by atoms with E-state index in [1.165, 1.54) is 6.42 Å². The number of hydrogen-bond donors (Lipinski definition) is 1. The van der Waals surface area contributed by atoms with E-state index in [1.807, 2.05) is 29.6 Å². The zero-order valence-electron chi connectivity index (χ0n) is 13.3. The van der Waals surface area contributed by atoms with E-state index >= 15 is 0 Å². The first kappa shape index (κ1) is 16.1. The molecule has 1 aliphatic heterocycles. The van der Waals surface area contributed by atoms with Crippen LogP contribution in [0.4, 0.5) is 5.13 Å². The molecule has 0 unspecified atom stereocenters. The molecule has 2 heterocycles. The summed E-state index contributed by atoms with van der Waals surface area (Å²) in [6, 6.07) is 7.70. The second-order valence-corrected chi connectivity index (χ2v) is 6.56. The molecule has 23 heavy (non-hydrogen) atoms. The van der Waals surface area contributed by atoms with Crippen molar-refractivity contribution in [2.24, 2.45) is 5.92 Å². The van der Waals surface area contributed by atoms with Gasteiger partial charge in [0.1, 0.15) is 11.5 Å². The van der Waals surface area contributed by atoms with Crippen molar-refractivity contribution in [2.75, 3.05) is 31.7 Å². The van der Waals surface area contributed by atoms with Gasteiger partial charge in [0.2, 0.25) is 0 Å². The van der Waals surface area contributed by atoms with Crippen LogP contribution in [0.15, 0.2) is 29.6 Å². The van der Waals surface area contributed by atoms with Crippen LogP contribution in [0.25, 0.3) is 0 Å². The van der Waals surface area contributed by atoms with Gasteiger partial charge in [-0.1, -0.05) is 0 Å². The molecule has 0 spiro atoms. The van der Waals surface area contributed by atoms with E-state index in [-0.39, 0.29) is 6.61 Å². The lowest BCUT2D eigenvalue weighted by Crippen LogP contribution is -2.37. The number of methoxy groups -OCH3 is 1. The van der Waals surface area contributed by atoms with Gasteiger partial charge in [0, 0.05) is 24.4 Å².